The Morgan fingerprint density at radius 2 is 2.07 bits per heavy atom. The van der Waals surface area contributed by atoms with Crippen molar-refractivity contribution in [3.05, 3.63) is 18.0 Å². The summed E-state index contributed by atoms with van der Waals surface area (Å²) < 4.78 is 21.1. The Morgan fingerprint density at radius 1 is 1.34 bits per heavy atom. The number of amides is 1. The van der Waals surface area contributed by atoms with Gasteiger partial charge in [-0.25, -0.2) is 9.78 Å². The van der Waals surface area contributed by atoms with Crippen molar-refractivity contribution < 1.29 is 38.4 Å². The first-order chi connectivity index (χ1) is 13.7. The lowest BCUT2D eigenvalue weighted by molar-refractivity contribution is -0.158. The molecule has 10 nitrogen and oxygen atoms in total. The third kappa shape index (κ3) is 6.05. The molecule has 3 atom stereocenters. The minimum Gasteiger partial charge on any atom is -0.503 e. The van der Waals surface area contributed by atoms with Crippen molar-refractivity contribution in [2.24, 2.45) is 5.92 Å². The summed E-state index contributed by atoms with van der Waals surface area (Å²) in [6, 6.07) is 0.265. The van der Waals surface area contributed by atoms with E-state index in [0.717, 1.165) is 0 Å². The molecular weight excluding hydrogens is 384 g/mol. The van der Waals surface area contributed by atoms with Crippen LogP contribution in [0.25, 0.3) is 0 Å². The first-order valence-electron chi connectivity index (χ1n) is 9.24. The number of methoxy groups -OCH3 is 1. The van der Waals surface area contributed by atoms with Crippen LogP contribution in [0.2, 0.25) is 0 Å². The summed E-state index contributed by atoms with van der Waals surface area (Å²) in [6.45, 7) is 4.95. The number of pyridine rings is 1. The van der Waals surface area contributed by atoms with Crippen molar-refractivity contribution in [1.82, 2.24) is 10.3 Å². The molecule has 0 unspecified atom stereocenters. The summed E-state index contributed by atoms with van der Waals surface area (Å²) in [5.74, 6) is -2.54. The Hall–Kier alpha value is -2.88. The molecule has 0 saturated carbocycles. The first-order valence-corrected chi connectivity index (χ1v) is 9.24. The second-order valence-electron chi connectivity index (χ2n) is 6.97. The number of hydrogen-bond acceptors (Lipinski definition) is 9. The van der Waals surface area contributed by atoms with Crippen LogP contribution in [0.5, 0.6) is 11.5 Å². The van der Waals surface area contributed by atoms with Gasteiger partial charge in [0.1, 0.15) is 12.2 Å². The molecule has 10 heteroatoms. The van der Waals surface area contributed by atoms with E-state index in [1.165, 1.54) is 19.4 Å². The van der Waals surface area contributed by atoms with Gasteiger partial charge >= 0.3 is 11.9 Å². The molecule has 0 spiro atoms. The van der Waals surface area contributed by atoms with Crippen molar-refractivity contribution in [2.75, 3.05) is 20.3 Å². The van der Waals surface area contributed by atoms with E-state index in [1.54, 1.807) is 20.8 Å². The number of aromatic nitrogens is 1. The van der Waals surface area contributed by atoms with Crippen molar-refractivity contribution in [3.63, 3.8) is 0 Å². The van der Waals surface area contributed by atoms with Crippen LogP contribution in [0, 0.1) is 5.92 Å². The molecule has 0 radical (unpaired) electrons. The Morgan fingerprint density at radius 3 is 2.72 bits per heavy atom. The van der Waals surface area contributed by atoms with Crippen LogP contribution in [0.3, 0.4) is 0 Å². The molecule has 0 aromatic carbocycles. The van der Waals surface area contributed by atoms with Gasteiger partial charge in [0.2, 0.25) is 0 Å². The molecule has 2 rings (SSSR count). The highest BCUT2D eigenvalue weighted by atomic mass is 16.6. The van der Waals surface area contributed by atoms with Crippen LogP contribution >= 0.6 is 0 Å². The molecule has 1 amide bonds. The number of esters is 2. The van der Waals surface area contributed by atoms with E-state index in [2.05, 4.69) is 10.3 Å². The number of carbonyl (C=O) groups is 3. The van der Waals surface area contributed by atoms with Crippen LogP contribution < -0.4 is 10.1 Å². The first kappa shape index (κ1) is 22.4. The Labute approximate surface area is 168 Å². The van der Waals surface area contributed by atoms with E-state index >= 15 is 0 Å². The maximum Gasteiger partial charge on any atom is 0.331 e. The topological polar surface area (TPSA) is 133 Å². The molecule has 0 bridgehead atoms. The fourth-order valence-electron chi connectivity index (χ4n) is 2.63. The highest BCUT2D eigenvalue weighted by Crippen LogP contribution is 2.27. The SMILES string of the molecule is COc1ccnc(C(=O)N[C@H]2COC[C@H](OC(=O)C(C)C)C[C@H](C)OC2=O)c1O. The monoisotopic (exact) mass is 410 g/mol. The van der Waals surface area contributed by atoms with Crippen LogP contribution in [0.4, 0.5) is 0 Å². The van der Waals surface area contributed by atoms with E-state index in [-0.39, 0.29) is 43.0 Å². The van der Waals surface area contributed by atoms with E-state index in [0.29, 0.717) is 0 Å². The van der Waals surface area contributed by atoms with Crippen LogP contribution in [-0.2, 0) is 23.8 Å². The van der Waals surface area contributed by atoms with Gasteiger partial charge in [-0.3, -0.25) is 9.59 Å². The number of nitrogens with zero attached hydrogens (tertiary/aromatic N) is 1. The molecule has 2 heterocycles. The van der Waals surface area contributed by atoms with Crippen molar-refractivity contribution >= 4 is 17.8 Å². The lowest BCUT2D eigenvalue weighted by atomic mass is 10.1. The van der Waals surface area contributed by atoms with Gasteiger partial charge < -0.3 is 29.4 Å². The average molecular weight is 410 g/mol. The number of cyclic esters (lactones) is 1. The van der Waals surface area contributed by atoms with Gasteiger partial charge in [0.15, 0.2) is 23.2 Å². The standard InChI is InChI=1S/C19H26N2O8/c1-10(2)18(24)29-12-7-11(3)28-19(25)13(9-27-8-12)21-17(23)15-16(22)14(26-4)5-6-20-15/h5-6,10-13,22H,7-9H2,1-4H3,(H,21,23)/t11-,12+,13-/m0/s1. The smallest absolute Gasteiger partial charge is 0.331 e. The number of aromatic hydroxyl groups is 1. The van der Waals surface area contributed by atoms with Crippen LogP contribution in [0.15, 0.2) is 12.3 Å². The van der Waals surface area contributed by atoms with Crippen molar-refractivity contribution in [3.8, 4) is 11.5 Å². The second-order valence-corrected chi connectivity index (χ2v) is 6.97. The predicted molar refractivity (Wildman–Crippen MR) is 99.4 cm³/mol. The summed E-state index contributed by atoms with van der Waals surface area (Å²) in [5, 5.41) is 12.5. The Bertz CT molecular complexity index is 752. The van der Waals surface area contributed by atoms with Gasteiger partial charge in [0.05, 0.1) is 26.2 Å². The number of rotatable bonds is 5. The molecule has 160 valence electrons. The second kappa shape index (κ2) is 10.1. The fraction of sp³-hybridized carbons (Fsp3) is 0.579. The number of carbonyl (C=O) groups excluding carboxylic acids is 3. The van der Waals surface area contributed by atoms with Crippen LogP contribution in [0.1, 0.15) is 37.7 Å². The summed E-state index contributed by atoms with van der Waals surface area (Å²) in [6.07, 6.45) is 0.424. The van der Waals surface area contributed by atoms with Crippen molar-refractivity contribution in [1.29, 1.82) is 0 Å². The summed E-state index contributed by atoms with van der Waals surface area (Å²) in [4.78, 5) is 40.5. The highest BCUT2D eigenvalue weighted by molar-refractivity contribution is 5.98. The van der Waals surface area contributed by atoms with Gasteiger partial charge in [0, 0.05) is 18.7 Å². The number of nitrogens with one attached hydrogen (secondary N) is 1. The molecule has 1 aliphatic heterocycles. The maximum absolute atomic E-state index is 12.5. The van der Waals surface area contributed by atoms with E-state index in [9.17, 15) is 19.5 Å². The lowest BCUT2D eigenvalue weighted by Gasteiger charge is -2.20. The Kier molecular flexibility index (Phi) is 7.77. The minimum atomic E-state index is -1.13. The van der Waals surface area contributed by atoms with E-state index < -0.39 is 35.9 Å². The quantitative estimate of drug-likeness (QED) is 0.677. The number of hydrogen-bond donors (Lipinski definition) is 2. The summed E-state index contributed by atoms with van der Waals surface area (Å²) in [7, 11) is 1.34. The zero-order valence-corrected chi connectivity index (χ0v) is 16.8. The third-order valence-corrected chi connectivity index (χ3v) is 4.17. The average Bonchev–Trinajstić information content (AvgIpc) is 2.71. The number of ether oxygens (including phenoxy) is 4. The molecule has 1 saturated heterocycles. The molecule has 29 heavy (non-hydrogen) atoms. The van der Waals surface area contributed by atoms with E-state index in [4.69, 9.17) is 18.9 Å². The van der Waals surface area contributed by atoms with Gasteiger partial charge in [-0.1, -0.05) is 13.8 Å². The molecule has 2 N–H and O–H groups in total. The molecular formula is C19H26N2O8. The molecule has 1 aliphatic rings. The van der Waals surface area contributed by atoms with Gasteiger partial charge in [0.25, 0.3) is 5.91 Å². The fourth-order valence-corrected chi connectivity index (χ4v) is 2.63. The minimum absolute atomic E-state index is 0.0501. The summed E-state index contributed by atoms with van der Waals surface area (Å²) in [5.41, 5.74) is -0.297. The maximum atomic E-state index is 12.5. The van der Waals surface area contributed by atoms with E-state index in [1.807, 2.05) is 0 Å². The zero-order valence-electron chi connectivity index (χ0n) is 16.8. The predicted octanol–water partition coefficient (Wildman–Crippen LogP) is 0.814. The van der Waals surface area contributed by atoms with Gasteiger partial charge in [-0.15, -0.1) is 0 Å². The highest BCUT2D eigenvalue weighted by Gasteiger charge is 2.31. The molecule has 1 aromatic heterocycles. The van der Waals surface area contributed by atoms with Gasteiger partial charge in [-0.2, -0.15) is 0 Å². The normalized spacial score (nSPS) is 22.7. The Balaban J connectivity index is 2.07. The van der Waals surface area contributed by atoms with Gasteiger partial charge in [-0.05, 0) is 6.92 Å². The molecule has 1 aromatic rings. The van der Waals surface area contributed by atoms with Crippen LogP contribution in [-0.4, -0.2) is 66.5 Å². The third-order valence-electron chi connectivity index (χ3n) is 4.17. The summed E-state index contributed by atoms with van der Waals surface area (Å²) >= 11 is 0. The molecule has 0 aliphatic carbocycles. The largest absolute Gasteiger partial charge is 0.503 e. The molecule has 1 fully saturated rings. The zero-order chi connectivity index (χ0) is 21.6. The lowest BCUT2D eigenvalue weighted by Crippen LogP contribution is -2.45. The van der Waals surface area contributed by atoms with Crippen molar-refractivity contribution in [2.45, 2.75) is 45.4 Å².